The lowest BCUT2D eigenvalue weighted by atomic mass is 9.84. The largest absolute Gasteiger partial charge is 0.465 e. The number of fused-ring (bicyclic) bond motifs is 1. The van der Waals surface area contributed by atoms with E-state index in [0.29, 0.717) is 18.6 Å². The zero-order chi connectivity index (χ0) is 16.9. The highest BCUT2D eigenvalue weighted by Gasteiger charge is 2.33. The highest BCUT2D eigenvalue weighted by Crippen LogP contribution is 2.31. The van der Waals surface area contributed by atoms with Gasteiger partial charge in [0.25, 0.3) is 0 Å². The summed E-state index contributed by atoms with van der Waals surface area (Å²) in [6.45, 7) is 2.76. The first kappa shape index (κ1) is 17.0. The lowest BCUT2D eigenvalue weighted by Gasteiger charge is -2.44. The van der Waals surface area contributed by atoms with E-state index in [9.17, 15) is 9.59 Å². The third-order valence-electron chi connectivity index (χ3n) is 5.21. The number of piperidine rings is 2. The summed E-state index contributed by atoms with van der Waals surface area (Å²) in [5.74, 6) is -0.559. The summed E-state index contributed by atoms with van der Waals surface area (Å²) in [6, 6.07) is 7.18. The normalized spacial score (nSPS) is 24.0. The van der Waals surface area contributed by atoms with Crippen molar-refractivity contribution in [3.63, 3.8) is 0 Å². The van der Waals surface area contributed by atoms with E-state index >= 15 is 0 Å². The van der Waals surface area contributed by atoms with Crippen LogP contribution in [0.15, 0.2) is 24.3 Å². The minimum Gasteiger partial charge on any atom is -0.465 e. The molecule has 3 rings (SSSR count). The average Bonchev–Trinajstić information content (AvgIpc) is 2.65. The molecule has 24 heavy (non-hydrogen) atoms. The Morgan fingerprint density at radius 1 is 1.04 bits per heavy atom. The molecule has 5 heteroatoms. The maximum absolute atomic E-state index is 12.4. The molecule has 2 aliphatic heterocycles. The van der Waals surface area contributed by atoms with Gasteiger partial charge in [0.2, 0.25) is 0 Å². The highest BCUT2D eigenvalue weighted by molar-refractivity contribution is 6.03. The van der Waals surface area contributed by atoms with Gasteiger partial charge in [-0.25, -0.2) is 9.59 Å². The van der Waals surface area contributed by atoms with Gasteiger partial charge in [-0.15, -0.1) is 0 Å². The van der Waals surface area contributed by atoms with Crippen molar-refractivity contribution in [2.75, 3.05) is 26.8 Å². The Labute approximate surface area is 142 Å². The lowest BCUT2D eigenvalue weighted by molar-refractivity contribution is 0.00717. The Bertz CT molecular complexity index is 599. The van der Waals surface area contributed by atoms with Gasteiger partial charge >= 0.3 is 11.9 Å². The number of ether oxygens (including phenoxy) is 2. The monoisotopic (exact) mass is 331 g/mol. The van der Waals surface area contributed by atoms with Crippen LogP contribution in [0.1, 0.15) is 52.8 Å². The van der Waals surface area contributed by atoms with Crippen LogP contribution in [0.2, 0.25) is 0 Å². The molecule has 0 saturated carbocycles. The van der Waals surface area contributed by atoms with Gasteiger partial charge in [0, 0.05) is 12.0 Å². The number of esters is 2. The van der Waals surface area contributed by atoms with E-state index in [0.717, 1.165) is 12.8 Å². The molecule has 1 aromatic carbocycles. The van der Waals surface area contributed by atoms with E-state index in [1.54, 1.807) is 24.3 Å². The van der Waals surface area contributed by atoms with Crippen molar-refractivity contribution in [1.82, 2.24) is 4.90 Å². The zero-order valence-electron chi connectivity index (χ0n) is 14.2. The smallest absolute Gasteiger partial charge is 0.339 e. The minimum absolute atomic E-state index is 0.257. The molecule has 130 valence electrons. The first-order valence-corrected chi connectivity index (χ1v) is 8.79. The summed E-state index contributed by atoms with van der Waals surface area (Å²) >= 11 is 0. The average molecular weight is 331 g/mol. The van der Waals surface area contributed by atoms with Gasteiger partial charge in [0.15, 0.2) is 0 Å². The van der Waals surface area contributed by atoms with Crippen LogP contribution in [0.25, 0.3) is 0 Å². The van der Waals surface area contributed by atoms with E-state index in [-0.39, 0.29) is 11.1 Å². The van der Waals surface area contributed by atoms with Gasteiger partial charge < -0.3 is 9.47 Å². The molecule has 0 amide bonds. The molecule has 2 aliphatic rings. The van der Waals surface area contributed by atoms with Crippen LogP contribution >= 0.6 is 0 Å². The second-order valence-electron chi connectivity index (χ2n) is 6.64. The SMILES string of the molecule is COC(=O)c1ccccc1C(=O)OCC1CCCN2CCCCC12. The standard InChI is InChI=1S/C19H25NO4/c1-23-18(21)15-8-2-3-9-16(15)19(22)24-13-14-7-6-12-20-11-5-4-10-17(14)20/h2-3,8-9,14,17H,4-7,10-13H2,1H3. The molecule has 0 bridgehead atoms. The molecule has 0 radical (unpaired) electrons. The zero-order valence-corrected chi connectivity index (χ0v) is 14.2. The molecule has 0 aliphatic carbocycles. The van der Waals surface area contributed by atoms with Gasteiger partial charge in [-0.05, 0) is 50.9 Å². The molecule has 2 fully saturated rings. The highest BCUT2D eigenvalue weighted by atomic mass is 16.5. The fraction of sp³-hybridized carbons (Fsp3) is 0.579. The molecule has 2 atom stereocenters. The molecule has 0 N–H and O–H groups in total. The number of benzene rings is 1. The lowest BCUT2D eigenvalue weighted by Crippen LogP contribution is -2.49. The molecular formula is C19H25NO4. The van der Waals surface area contributed by atoms with E-state index in [4.69, 9.17) is 9.47 Å². The van der Waals surface area contributed by atoms with Crippen molar-refractivity contribution in [3.05, 3.63) is 35.4 Å². The van der Waals surface area contributed by atoms with Crippen LogP contribution in [0.3, 0.4) is 0 Å². The number of hydrogen-bond acceptors (Lipinski definition) is 5. The van der Waals surface area contributed by atoms with Crippen LogP contribution in [-0.4, -0.2) is 49.7 Å². The van der Waals surface area contributed by atoms with Gasteiger partial charge in [-0.2, -0.15) is 0 Å². The number of nitrogens with zero attached hydrogens (tertiary/aromatic N) is 1. The van der Waals surface area contributed by atoms with E-state index in [2.05, 4.69) is 4.90 Å². The number of methoxy groups -OCH3 is 1. The Kier molecular flexibility index (Phi) is 5.51. The predicted octanol–water partition coefficient (Wildman–Crippen LogP) is 2.89. The summed E-state index contributed by atoms with van der Waals surface area (Å²) in [4.78, 5) is 26.8. The Morgan fingerprint density at radius 3 is 2.50 bits per heavy atom. The summed E-state index contributed by atoms with van der Waals surface area (Å²) in [5.41, 5.74) is 0.536. The van der Waals surface area contributed by atoms with Gasteiger partial charge in [-0.1, -0.05) is 18.6 Å². The van der Waals surface area contributed by atoms with Crippen molar-refractivity contribution in [2.45, 2.75) is 38.1 Å². The van der Waals surface area contributed by atoms with Crippen molar-refractivity contribution in [1.29, 1.82) is 0 Å². The number of carbonyl (C=O) groups is 2. The fourth-order valence-electron chi connectivity index (χ4n) is 3.98. The van der Waals surface area contributed by atoms with E-state index in [1.807, 2.05) is 0 Å². The molecule has 0 aromatic heterocycles. The van der Waals surface area contributed by atoms with Crippen molar-refractivity contribution < 1.29 is 19.1 Å². The first-order valence-electron chi connectivity index (χ1n) is 8.79. The second-order valence-corrected chi connectivity index (χ2v) is 6.64. The van der Waals surface area contributed by atoms with E-state index in [1.165, 1.54) is 39.5 Å². The number of rotatable bonds is 4. The topological polar surface area (TPSA) is 55.8 Å². The third kappa shape index (κ3) is 3.61. The molecule has 2 saturated heterocycles. The molecule has 0 spiro atoms. The Hall–Kier alpha value is -1.88. The summed E-state index contributed by atoms with van der Waals surface area (Å²) in [7, 11) is 1.31. The molecule has 5 nitrogen and oxygen atoms in total. The number of carbonyl (C=O) groups excluding carboxylic acids is 2. The van der Waals surface area contributed by atoms with Crippen LogP contribution in [0, 0.1) is 5.92 Å². The maximum Gasteiger partial charge on any atom is 0.339 e. The van der Waals surface area contributed by atoms with Crippen molar-refractivity contribution in [2.24, 2.45) is 5.92 Å². The molecule has 2 heterocycles. The molecule has 1 aromatic rings. The Balaban J connectivity index is 1.64. The van der Waals surface area contributed by atoms with Gasteiger partial charge in [0.1, 0.15) is 0 Å². The molecular weight excluding hydrogens is 306 g/mol. The third-order valence-corrected chi connectivity index (χ3v) is 5.21. The van der Waals surface area contributed by atoms with Crippen molar-refractivity contribution in [3.8, 4) is 0 Å². The summed E-state index contributed by atoms with van der Waals surface area (Å²) in [6.07, 6.45) is 6.00. The van der Waals surface area contributed by atoms with Crippen LogP contribution < -0.4 is 0 Å². The summed E-state index contributed by atoms with van der Waals surface area (Å²) in [5, 5.41) is 0. The Morgan fingerprint density at radius 2 is 1.75 bits per heavy atom. The van der Waals surface area contributed by atoms with Gasteiger partial charge in [0.05, 0.1) is 24.8 Å². The maximum atomic E-state index is 12.4. The van der Waals surface area contributed by atoms with Crippen LogP contribution in [0.4, 0.5) is 0 Å². The molecule has 2 unspecified atom stereocenters. The predicted molar refractivity (Wildman–Crippen MR) is 90.0 cm³/mol. The van der Waals surface area contributed by atoms with Crippen LogP contribution in [-0.2, 0) is 9.47 Å². The van der Waals surface area contributed by atoms with Gasteiger partial charge in [-0.3, -0.25) is 4.90 Å². The van der Waals surface area contributed by atoms with Crippen LogP contribution in [0.5, 0.6) is 0 Å². The minimum atomic E-state index is -0.515. The van der Waals surface area contributed by atoms with Crippen molar-refractivity contribution >= 4 is 11.9 Å². The fourth-order valence-corrected chi connectivity index (χ4v) is 3.98. The first-order chi connectivity index (χ1) is 11.7. The quantitative estimate of drug-likeness (QED) is 0.794. The summed E-state index contributed by atoms with van der Waals surface area (Å²) < 4.78 is 10.3. The van der Waals surface area contributed by atoms with E-state index < -0.39 is 11.9 Å². The second kappa shape index (κ2) is 7.79. The number of hydrogen-bond donors (Lipinski definition) is 0.